The van der Waals surface area contributed by atoms with Crippen LogP contribution in [-0.2, 0) is 11.2 Å². The third-order valence-electron chi connectivity index (χ3n) is 3.90. The van der Waals surface area contributed by atoms with Crippen molar-refractivity contribution < 1.29 is 9.90 Å². The van der Waals surface area contributed by atoms with Gasteiger partial charge in [-0.3, -0.25) is 0 Å². The molecule has 0 bridgehead atoms. The first-order chi connectivity index (χ1) is 10.2. The molecule has 0 heterocycles. The molecule has 0 amide bonds. The molecule has 0 unspecified atom stereocenters. The molecule has 2 heteroatoms. The lowest BCUT2D eigenvalue weighted by molar-refractivity contribution is -0.132. The van der Waals surface area contributed by atoms with Gasteiger partial charge in [0.2, 0.25) is 0 Å². The highest BCUT2D eigenvalue weighted by molar-refractivity contribution is 5.96. The van der Waals surface area contributed by atoms with Crippen molar-refractivity contribution >= 4 is 11.5 Å². The maximum atomic E-state index is 11.6. The Balaban J connectivity index is 3.29. The summed E-state index contributed by atoms with van der Waals surface area (Å²) in [5.41, 5.74) is 4.06. The van der Waals surface area contributed by atoms with E-state index in [0.29, 0.717) is 12.0 Å². The molecule has 1 N–H and O–H groups in total. The summed E-state index contributed by atoms with van der Waals surface area (Å²) < 4.78 is 0. The summed E-state index contributed by atoms with van der Waals surface area (Å²) in [4.78, 5) is 11.6. The molecular formula is C19H28O2. The number of allylic oxidation sites excluding steroid dienone is 1. The smallest absolute Gasteiger partial charge is 0.331 e. The molecule has 1 rings (SSSR count). The molecule has 116 valence electrons. The highest BCUT2D eigenvalue weighted by Crippen LogP contribution is 2.30. The van der Waals surface area contributed by atoms with Crippen LogP contribution in [0.4, 0.5) is 0 Å². The molecule has 0 radical (unpaired) electrons. The van der Waals surface area contributed by atoms with E-state index < -0.39 is 5.97 Å². The highest BCUT2D eigenvalue weighted by Gasteiger charge is 2.16. The Morgan fingerprint density at radius 3 is 2.29 bits per heavy atom. The SMILES string of the molecule is CCCCC(=C(CC)C(=O)O)c1ccccc1CCCC. The number of aryl methyl sites for hydroxylation is 1. The van der Waals surface area contributed by atoms with Gasteiger partial charge in [-0.05, 0) is 48.8 Å². The number of unbranched alkanes of at least 4 members (excludes halogenated alkanes) is 2. The minimum atomic E-state index is -0.770. The van der Waals surface area contributed by atoms with Crippen LogP contribution in [0.15, 0.2) is 29.8 Å². The Morgan fingerprint density at radius 1 is 1.05 bits per heavy atom. The maximum absolute atomic E-state index is 11.6. The van der Waals surface area contributed by atoms with Crippen LogP contribution in [0.2, 0.25) is 0 Å². The summed E-state index contributed by atoms with van der Waals surface area (Å²) >= 11 is 0. The summed E-state index contributed by atoms with van der Waals surface area (Å²) in [6, 6.07) is 8.31. The first kappa shape index (κ1) is 17.5. The zero-order valence-electron chi connectivity index (χ0n) is 13.6. The number of carboxylic acid groups (broad SMARTS) is 1. The Labute approximate surface area is 128 Å². The number of rotatable bonds is 9. The molecular weight excluding hydrogens is 260 g/mol. The lowest BCUT2D eigenvalue weighted by Gasteiger charge is -2.16. The quantitative estimate of drug-likeness (QED) is 0.612. The van der Waals surface area contributed by atoms with Crippen molar-refractivity contribution in [2.45, 2.75) is 65.7 Å². The lowest BCUT2D eigenvalue weighted by Crippen LogP contribution is -2.05. The first-order valence-electron chi connectivity index (χ1n) is 8.19. The number of benzene rings is 1. The minimum absolute atomic E-state index is 0.576. The molecule has 0 saturated heterocycles. The average molecular weight is 288 g/mol. The van der Waals surface area contributed by atoms with Gasteiger partial charge in [0.25, 0.3) is 0 Å². The number of hydrogen-bond acceptors (Lipinski definition) is 1. The summed E-state index contributed by atoms with van der Waals surface area (Å²) in [5, 5.41) is 9.51. The Morgan fingerprint density at radius 2 is 1.71 bits per heavy atom. The number of carbonyl (C=O) groups is 1. The van der Waals surface area contributed by atoms with Gasteiger partial charge in [-0.2, -0.15) is 0 Å². The molecule has 21 heavy (non-hydrogen) atoms. The summed E-state index contributed by atoms with van der Waals surface area (Å²) in [7, 11) is 0. The van der Waals surface area contributed by atoms with Crippen LogP contribution in [-0.4, -0.2) is 11.1 Å². The fourth-order valence-corrected chi connectivity index (χ4v) is 2.70. The fraction of sp³-hybridized carbons (Fsp3) is 0.526. The van der Waals surface area contributed by atoms with Gasteiger partial charge in [0.15, 0.2) is 0 Å². The third-order valence-corrected chi connectivity index (χ3v) is 3.90. The van der Waals surface area contributed by atoms with Gasteiger partial charge in [-0.25, -0.2) is 4.79 Å². The van der Waals surface area contributed by atoms with Crippen molar-refractivity contribution in [1.82, 2.24) is 0 Å². The topological polar surface area (TPSA) is 37.3 Å². The Bertz CT molecular complexity index is 486. The van der Waals surface area contributed by atoms with Crippen LogP contribution in [0.5, 0.6) is 0 Å². The van der Waals surface area contributed by atoms with E-state index in [1.165, 1.54) is 5.56 Å². The maximum Gasteiger partial charge on any atom is 0.331 e. The van der Waals surface area contributed by atoms with Crippen molar-refractivity contribution in [1.29, 1.82) is 0 Å². The zero-order valence-corrected chi connectivity index (χ0v) is 13.6. The van der Waals surface area contributed by atoms with E-state index in [0.717, 1.165) is 49.7 Å². The van der Waals surface area contributed by atoms with Crippen LogP contribution in [0, 0.1) is 0 Å². The van der Waals surface area contributed by atoms with Crippen LogP contribution >= 0.6 is 0 Å². The number of aliphatic carboxylic acids is 1. The molecule has 0 fully saturated rings. The van der Waals surface area contributed by atoms with Crippen molar-refractivity contribution in [2.75, 3.05) is 0 Å². The van der Waals surface area contributed by atoms with Gasteiger partial charge in [0.05, 0.1) is 0 Å². The van der Waals surface area contributed by atoms with Gasteiger partial charge in [0, 0.05) is 5.57 Å². The lowest BCUT2D eigenvalue weighted by atomic mass is 9.89. The van der Waals surface area contributed by atoms with Crippen molar-refractivity contribution in [2.24, 2.45) is 0 Å². The molecule has 2 nitrogen and oxygen atoms in total. The molecule has 0 saturated carbocycles. The standard InChI is InChI=1S/C19H28O2/c1-4-7-11-15-12-9-10-14-17(15)18(13-8-5-2)16(6-3)19(20)21/h9-10,12,14H,4-8,11,13H2,1-3H3,(H,20,21). The van der Waals surface area contributed by atoms with Gasteiger partial charge < -0.3 is 5.11 Å². The molecule has 1 aromatic carbocycles. The van der Waals surface area contributed by atoms with Crippen LogP contribution in [0.1, 0.15) is 70.4 Å². The summed E-state index contributed by atoms with van der Waals surface area (Å²) in [6.07, 6.45) is 6.88. The van der Waals surface area contributed by atoms with Crippen molar-refractivity contribution in [3.63, 3.8) is 0 Å². The summed E-state index contributed by atoms with van der Waals surface area (Å²) in [6.45, 7) is 6.27. The van der Waals surface area contributed by atoms with E-state index in [4.69, 9.17) is 0 Å². The van der Waals surface area contributed by atoms with Crippen molar-refractivity contribution in [3.05, 3.63) is 41.0 Å². The minimum Gasteiger partial charge on any atom is -0.478 e. The Kier molecular flexibility index (Phi) is 7.81. The van der Waals surface area contributed by atoms with Gasteiger partial charge >= 0.3 is 5.97 Å². The summed E-state index contributed by atoms with van der Waals surface area (Å²) in [5.74, 6) is -0.770. The van der Waals surface area contributed by atoms with E-state index >= 15 is 0 Å². The second-order valence-corrected chi connectivity index (χ2v) is 5.48. The molecule has 0 aliphatic carbocycles. The van der Waals surface area contributed by atoms with Gasteiger partial charge in [-0.1, -0.05) is 57.9 Å². The zero-order chi connectivity index (χ0) is 15.7. The average Bonchev–Trinajstić information content (AvgIpc) is 2.49. The molecule has 0 aromatic heterocycles. The van der Waals surface area contributed by atoms with Gasteiger partial charge in [0.1, 0.15) is 0 Å². The monoisotopic (exact) mass is 288 g/mol. The predicted molar refractivity (Wildman–Crippen MR) is 89.4 cm³/mol. The van der Waals surface area contributed by atoms with Crippen LogP contribution in [0.25, 0.3) is 5.57 Å². The molecule has 0 atom stereocenters. The molecule has 0 aliphatic heterocycles. The largest absolute Gasteiger partial charge is 0.478 e. The van der Waals surface area contributed by atoms with Crippen LogP contribution < -0.4 is 0 Å². The molecule has 0 aliphatic rings. The predicted octanol–water partition coefficient (Wildman–Crippen LogP) is 5.47. The van der Waals surface area contributed by atoms with Gasteiger partial charge in [-0.15, -0.1) is 0 Å². The van der Waals surface area contributed by atoms with E-state index in [2.05, 4.69) is 32.0 Å². The highest BCUT2D eigenvalue weighted by atomic mass is 16.4. The Hall–Kier alpha value is -1.57. The third kappa shape index (κ3) is 5.04. The first-order valence-corrected chi connectivity index (χ1v) is 8.19. The normalized spacial score (nSPS) is 12.1. The second-order valence-electron chi connectivity index (χ2n) is 5.48. The second kappa shape index (κ2) is 9.38. The number of carboxylic acids is 1. The van der Waals surface area contributed by atoms with Crippen LogP contribution in [0.3, 0.4) is 0 Å². The van der Waals surface area contributed by atoms with E-state index in [9.17, 15) is 9.90 Å². The fourth-order valence-electron chi connectivity index (χ4n) is 2.70. The molecule has 0 spiro atoms. The van der Waals surface area contributed by atoms with E-state index in [1.807, 2.05) is 13.0 Å². The van der Waals surface area contributed by atoms with E-state index in [1.54, 1.807) is 0 Å². The number of hydrogen-bond donors (Lipinski definition) is 1. The van der Waals surface area contributed by atoms with Crippen molar-refractivity contribution in [3.8, 4) is 0 Å². The van der Waals surface area contributed by atoms with E-state index in [-0.39, 0.29) is 0 Å². The molecule has 1 aromatic rings.